The fourth-order valence-electron chi connectivity index (χ4n) is 3.29. The van der Waals surface area contributed by atoms with Crippen molar-refractivity contribution in [2.45, 2.75) is 42.7 Å². The summed E-state index contributed by atoms with van der Waals surface area (Å²) >= 11 is 0. The van der Waals surface area contributed by atoms with Crippen LogP contribution in [0.15, 0.2) is 35.2 Å². The number of carbonyl (C=O) groups excluding carboxylic acids is 1. The van der Waals surface area contributed by atoms with Crippen LogP contribution in [0.4, 0.5) is 0 Å². The van der Waals surface area contributed by atoms with Crippen LogP contribution >= 0.6 is 12.4 Å². The van der Waals surface area contributed by atoms with Gasteiger partial charge in [0.2, 0.25) is 15.9 Å². The number of rotatable bonds is 4. The Kier molecular flexibility index (Phi) is 6.62. The van der Waals surface area contributed by atoms with Gasteiger partial charge < -0.3 is 10.6 Å². The highest BCUT2D eigenvalue weighted by Crippen LogP contribution is 2.26. The molecule has 24 heavy (non-hydrogen) atoms. The van der Waals surface area contributed by atoms with E-state index in [-0.39, 0.29) is 29.3 Å². The van der Waals surface area contributed by atoms with Crippen molar-refractivity contribution >= 4 is 28.3 Å². The summed E-state index contributed by atoms with van der Waals surface area (Å²) in [6.07, 6.45) is 3.27. The van der Waals surface area contributed by atoms with E-state index in [0.29, 0.717) is 19.4 Å². The van der Waals surface area contributed by atoms with Crippen molar-refractivity contribution < 1.29 is 13.2 Å². The second-order valence-corrected chi connectivity index (χ2v) is 8.03. The first-order valence-corrected chi connectivity index (χ1v) is 9.61. The Balaban J connectivity index is 0.00000208. The third-order valence-corrected chi connectivity index (χ3v) is 6.42. The van der Waals surface area contributed by atoms with Crippen molar-refractivity contribution in [2.24, 2.45) is 0 Å². The van der Waals surface area contributed by atoms with E-state index >= 15 is 0 Å². The summed E-state index contributed by atoms with van der Waals surface area (Å²) in [4.78, 5) is 12.8. The molecular weight excluding hydrogens is 350 g/mol. The fourth-order valence-corrected chi connectivity index (χ4v) is 4.97. The van der Waals surface area contributed by atoms with Gasteiger partial charge in [0, 0.05) is 19.1 Å². The number of nitrogens with one attached hydrogen (secondary N) is 2. The number of piperidine rings is 1. The molecule has 1 unspecified atom stereocenters. The quantitative estimate of drug-likeness (QED) is 0.829. The van der Waals surface area contributed by atoms with Gasteiger partial charge in [-0.25, -0.2) is 8.42 Å². The van der Waals surface area contributed by atoms with Crippen LogP contribution in [0.3, 0.4) is 0 Å². The van der Waals surface area contributed by atoms with E-state index in [1.54, 1.807) is 30.3 Å². The van der Waals surface area contributed by atoms with Crippen molar-refractivity contribution in [2.75, 3.05) is 19.6 Å². The van der Waals surface area contributed by atoms with E-state index in [1.165, 1.54) is 4.31 Å². The lowest BCUT2D eigenvalue weighted by molar-refractivity contribution is -0.125. The van der Waals surface area contributed by atoms with Gasteiger partial charge in [0.15, 0.2) is 0 Å². The average molecular weight is 374 g/mol. The predicted molar refractivity (Wildman–Crippen MR) is 94.6 cm³/mol. The third-order valence-electron chi connectivity index (χ3n) is 4.50. The second kappa shape index (κ2) is 8.29. The fraction of sp³-hybridized carbons (Fsp3) is 0.562. The lowest BCUT2D eigenvalue weighted by atomic mass is 10.1. The minimum absolute atomic E-state index is 0. The molecule has 0 radical (unpaired) electrons. The van der Waals surface area contributed by atoms with E-state index < -0.39 is 16.1 Å². The standard InChI is InChI=1S/C16H23N3O3S.ClH/c20-16(18-13-6-4-10-17-12-13)15-9-5-11-19(15)23(21,22)14-7-2-1-3-8-14;/h1-3,7-8,13,15,17H,4-6,9-12H2,(H,18,20);1H/t13-,15?;/m0./s1. The number of benzene rings is 1. The normalized spacial score (nSPS) is 25.0. The van der Waals surface area contributed by atoms with Gasteiger partial charge in [0.25, 0.3) is 0 Å². The number of hydrogen-bond donors (Lipinski definition) is 2. The van der Waals surface area contributed by atoms with Crippen molar-refractivity contribution in [3.8, 4) is 0 Å². The third kappa shape index (κ3) is 4.08. The summed E-state index contributed by atoms with van der Waals surface area (Å²) in [5, 5.41) is 6.26. The van der Waals surface area contributed by atoms with Crippen LogP contribution in [-0.4, -0.2) is 50.3 Å². The Bertz CT molecular complexity index is 648. The SMILES string of the molecule is Cl.O=C(N[C@H]1CCCNC1)C1CCCN1S(=O)(=O)c1ccccc1. The highest BCUT2D eigenvalue weighted by atomic mass is 35.5. The Morgan fingerprint density at radius 3 is 2.58 bits per heavy atom. The summed E-state index contributed by atoms with van der Waals surface area (Å²) in [7, 11) is -3.62. The van der Waals surface area contributed by atoms with Gasteiger partial charge in [0.05, 0.1) is 4.90 Å². The zero-order chi connectivity index (χ0) is 16.3. The molecule has 2 aliphatic heterocycles. The van der Waals surface area contributed by atoms with Gasteiger partial charge in [-0.15, -0.1) is 12.4 Å². The molecule has 2 heterocycles. The lowest BCUT2D eigenvalue weighted by Crippen LogP contribution is -2.52. The molecule has 2 N–H and O–H groups in total. The lowest BCUT2D eigenvalue weighted by Gasteiger charge is -2.28. The number of amides is 1. The Morgan fingerprint density at radius 1 is 1.17 bits per heavy atom. The molecule has 2 saturated heterocycles. The van der Waals surface area contributed by atoms with E-state index in [4.69, 9.17) is 0 Å². The summed E-state index contributed by atoms with van der Waals surface area (Å²) < 4.78 is 26.9. The minimum Gasteiger partial charge on any atom is -0.351 e. The number of nitrogens with zero attached hydrogens (tertiary/aromatic N) is 1. The topological polar surface area (TPSA) is 78.5 Å². The molecule has 0 bridgehead atoms. The first-order valence-electron chi connectivity index (χ1n) is 8.17. The Morgan fingerprint density at radius 2 is 1.92 bits per heavy atom. The molecule has 0 aromatic heterocycles. The highest BCUT2D eigenvalue weighted by Gasteiger charge is 2.39. The molecule has 1 amide bonds. The monoisotopic (exact) mass is 373 g/mol. The summed E-state index contributed by atoms with van der Waals surface area (Å²) in [5.74, 6) is -0.171. The van der Waals surface area contributed by atoms with Gasteiger partial charge in [-0.1, -0.05) is 18.2 Å². The van der Waals surface area contributed by atoms with Crippen molar-refractivity contribution in [3.63, 3.8) is 0 Å². The van der Waals surface area contributed by atoms with E-state index in [2.05, 4.69) is 10.6 Å². The van der Waals surface area contributed by atoms with Gasteiger partial charge in [-0.3, -0.25) is 4.79 Å². The first kappa shape index (κ1) is 19.2. The maximum absolute atomic E-state index is 12.8. The summed E-state index contributed by atoms with van der Waals surface area (Å²) in [6.45, 7) is 2.13. The van der Waals surface area contributed by atoms with Crippen LogP contribution in [0, 0.1) is 0 Å². The van der Waals surface area contributed by atoms with Crippen molar-refractivity contribution in [1.82, 2.24) is 14.9 Å². The number of sulfonamides is 1. The van der Waals surface area contributed by atoms with E-state index in [0.717, 1.165) is 25.9 Å². The highest BCUT2D eigenvalue weighted by molar-refractivity contribution is 7.89. The minimum atomic E-state index is -3.62. The summed E-state index contributed by atoms with van der Waals surface area (Å²) in [6, 6.07) is 7.84. The van der Waals surface area contributed by atoms with E-state index in [9.17, 15) is 13.2 Å². The molecule has 1 aromatic rings. The van der Waals surface area contributed by atoms with E-state index in [1.807, 2.05) is 0 Å². The van der Waals surface area contributed by atoms with Gasteiger partial charge in [-0.2, -0.15) is 4.31 Å². The maximum atomic E-state index is 12.8. The molecule has 2 atom stereocenters. The Hall–Kier alpha value is -1.15. The predicted octanol–water partition coefficient (Wildman–Crippen LogP) is 1.13. The largest absolute Gasteiger partial charge is 0.351 e. The van der Waals surface area contributed by atoms with Crippen LogP contribution < -0.4 is 10.6 Å². The second-order valence-electron chi connectivity index (χ2n) is 6.14. The van der Waals surface area contributed by atoms with Crippen molar-refractivity contribution in [1.29, 1.82) is 0 Å². The van der Waals surface area contributed by atoms with Crippen LogP contribution in [0.5, 0.6) is 0 Å². The number of carbonyl (C=O) groups is 1. The summed E-state index contributed by atoms with van der Waals surface area (Å²) in [5.41, 5.74) is 0. The zero-order valence-electron chi connectivity index (χ0n) is 13.5. The molecule has 0 saturated carbocycles. The molecule has 3 rings (SSSR count). The Labute approximate surface area is 149 Å². The maximum Gasteiger partial charge on any atom is 0.243 e. The average Bonchev–Trinajstić information content (AvgIpc) is 3.07. The van der Waals surface area contributed by atoms with Gasteiger partial charge in [-0.05, 0) is 44.4 Å². The molecule has 0 aliphatic carbocycles. The van der Waals surface area contributed by atoms with Crippen LogP contribution in [0.2, 0.25) is 0 Å². The van der Waals surface area contributed by atoms with Crippen molar-refractivity contribution in [3.05, 3.63) is 30.3 Å². The molecule has 6 nitrogen and oxygen atoms in total. The van der Waals surface area contributed by atoms with Crippen LogP contribution in [0.25, 0.3) is 0 Å². The molecule has 1 aromatic carbocycles. The van der Waals surface area contributed by atoms with Crippen LogP contribution in [0.1, 0.15) is 25.7 Å². The number of halogens is 1. The smallest absolute Gasteiger partial charge is 0.243 e. The van der Waals surface area contributed by atoms with Gasteiger partial charge in [0.1, 0.15) is 6.04 Å². The molecule has 0 spiro atoms. The molecular formula is C16H24ClN3O3S. The zero-order valence-corrected chi connectivity index (χ0v) is 15.1. The first-order chi connectivity index (χ1) is 11.1. The van der Waals surface area contributed by atoms with Crippen LogP contribution in [-0.2, 0) is 14.8 Å². The molecule has 2 fully saturated rings. The number of hydrogen-bond acceptors (Lipinski definition) is 4. The molecule has 8 heteroatoms. The molecule has 2 aliphatic rings. The molecule has 134 valence electrons. The van der Waals surface area contributed by atoms with Gasteiger partial charge >= 0.3 is 0 Å².